The number of phenols is 2. The monoisotopic (exact) mass is 522 g/mol. The van der Waals surface area contributed by atoms with Crippen LogP contribution < -0.4 is 11.5 Å². The molecule has 0 fully saturated rings. The van der Waals surface area contributed by atoms with Gasteiger partial charge in [-0.3, -0.25) is 9.11 Å². The predicted octanol–water partition coefficient (Wildman–Crippen LogP) is 1.44. The summed E-state index contributed by atoms with van der Waals surface area (Å²) in [5, 5.41) is 19.3. The quantitative estimate of drug-likeness (QED) is 0.309. The van der Waals surface area contributed by atoms with Crippen molar-refractivity contribution in [3.05, 3.63) is 46.5 Å². The Labute approximate surface area is 200 Å². The second-order valence-corrected chi connectivity index (χ2v) is 11.8. The highest BCUT2D eigenvalue weighted by atomic mass is 32.2. The van der Waals surface area contributed by atoms with Crippen LogP contribution in [0, 0.1) is 13.8 Å². The van der Waals surface area contributed by atoms with E-state index in [-0.39, 0.29) is 45.6 Å². The number of hydrogen-bond acceptors (Lipinski definition) is 8. The molecule has 0 spiro atoms. The molecule has 0 saturated carbocycles. The molecule has 0 aliphatic carbocycles. The normalized spacial score (nSPS) is 12.4. The van der Waals surface area contributed by atoms with Gasteiger partial charge >= 0.3 is 0 Å². The molecule has 194 valence electrons. The largest absolute Gasteiger partial charge is 0.508 e. The van der Waals surface area contributed by atoms with Crippen molar-refractivity contribution in [3.8, 4) is 11.5 Å². The van der Waals surface area contributed by atoms with Crippen molar-refractivity contribution in [2.24, 2.45) is 11.5 Å². The summed E-state index contributed by atoms with van der Waals surface area (Å²) in [4.78, 5) is -1.16. The van der Waals surface area contributed by atoms with Crippen molar-refractivity contribution < 1.29 is 41.6 Å². The first-order valence-corrected chi connectivity index (χ1v) is 12.6. The van der Waals surface area contributed by atoms with Gasteiger partial charge in [-0.05, 0) is 63.8 Å². The Kier molecular flexibility index (Phi) is 9.86. The molecule has 0 bridgehead atoms. The zero-order chi connectivity index (χ0) is 26.2. The van der Waals surface area contributed by atoms with Gasteiger partial charge < -0.3 is 27.2 Å². The van der Waals surface area contributed by atoms with E-state index < -0.39 is 30.0 Å². The third-order valence-electron chi connectivity index (χ3n) is 5.36. The van der Waals surface area contributed by atoms with Crippen LogP contribution in [0.2, 0.25) is 0 Å². The van der Waals surface area contributed by atoms with Crippen LogP contribution in [0.3, 0.4) is 0 Å². The van der Waals surface area contributed by atoms with Crippen LogP contribution >= 0.6 is 0 Å². The smallest absolute Gasteiger partial charge is 0.294 e. The molecule has 13 heteroatoms. The summed E-state index contributed by atoms with van der Waals surface area (Å²) < 4.78 is 64.9. The molecular weight excluding hydrogens is 488 g/mol. The Hall–Kier alpha value is -2.26. The van der Waals surface area contributed by atoms with Crippen molar-refractivity contribution in [2.75, 3.05) is 0 Å². The van der Waals surface area contributed by atoms with E-state index >= 15 is 0 Å². The van der Waals surface area contributed by atoms with Gasteiger partial charge in [0.25, 0.3) is 20.2 Å². The van der Waals surface area contributed by atoms with Crippen LogP contribution in [-0.4, -0.2) is 52.7 Å². The fourth-order valence-corrected chi connectivity index (χ4v) is 3.88. The van der Waals surface area contributed by atoms with Crippen LogP contribution in [0.25, 0.3) is 0 Å². The van der Waals surface area contributed by atoms with Crippen LogP contribution in [0.15, 0.2) is 34.1 Å². The van der Waals surface area contributed by atoms with E-state index in [1.54, 1.807) is 0 Å². The zero-order valence-electron chi connectivity index (χ0n) is 19.9. The summed E-state index contributed by atoms with van der Waals surface area (Å²) in [5.74, 6) is -0.707. The zero-order valence-corrected chi connectivity index (χ0v) is 21.5. The molecule has 0 atom stereocenters. The number of aromatic hydroxyl groups is 2. The number of hydrogen-bond donors (Lipinski definition) is 6. The third kappa shape index (κ3) is 8.20. The first kappa shape index (κ1) is 31.7. The topological polar surface area (TPSA) is 233 Å². The molecule has 34 heavy (non-hydrogen) atoms. The summed E-state index contributed by atoms with van der Waals surface area (Å²) in [6.07, 6.45) is -0.285. The van der Waals surface area contributed by atoms with E-state index in [9.17, 15) is 36.2 Å². The summed E-state index contributed by atoms with van der Waals surface area (Å²) in [6, 6.07) is 4.30. The lowest BCUT2D eigenvalue weighted by Gasteiger charge is -2.34. The van der Waals surface area contributed by atoms with Gasteiger partial charge in [0.15, 0.2) is 0 Å². The molecule has 0 aliphatic heterocycles. The van der Waals surface area contributed by atoms with Crippen molar-refractivity contribution in [1.29, 1.82) is 0 Å². The molecule has 0 saturated heterocycles. The number of aryl methyl sites for hydroxylation is 2. The first-order valence-electron chi connectivity index (χ1n) is 9.73. The Balaban J connectivity index is 0.00000104. The average molecular weight is 523 g/mol. The lowest BCUT2D eigenvalue weighted by molar-refractivity contribution is 0.309. The van der Waals surface area contributed by atoms with Gasteiger partial charge in [-0.1, -0.05) is 12.1 Å². The minimum atomic E-state index is -4.68. The van der Waals surface area contributed by atoms with Gasteiger partial charge in [0.1, 0.15) is 21.3 Å². The molecule has 0 amide bonds. The van der Waals surface area contributed by atoms with E-state index in [0.717, 1.165) is 12.1 Å². The van der Waals surface area contributed by atoms with E-state index in [1.165, 1.54) is 26.0 Å². The summed E-state index contributed by atoms with van der Waals surface area (Å²) in [7, 11) is -9.36. The number of benzene rings is 2. The van der Waals surface area contributed by atoms with Crippen LogP contribution in [-0.2, 0) is 26.7 Å². The predicted molar refractivity (Wildman–Crippen MR) is 128 cm³/mol. The minimum Gasteiger partial charge on any atom is -0.508 e. The van der Waals surface area contributed by atoms with Crippen molar-refractivity contribution in [1.82, 2.24) is 0 Å². The maximum Gasteiger partial charge on any atom is 0.294 e. The fourth-order valence-electron chi connectivity index (χ4n) is 2.44. The highest BCUT2D eigenvalue weighted by Gasteiger charge is 2.28. The fraction of sp³-hybridized carbons (Fsp3) is 0.429. The summed E-state index contributed by atoms with van der Waals surface area (Å²) in [5.41, 5.74) is 11.5. The molecule has 0 aromatic heterocycles. The molecule has 11 nitrogen and oxygen atoms in total. The first-order chi connectivity index (χ1) is 14.6. The minimum absolute atomic E-state index is 0. The lowest BCUT2D eigenvalue weighted by Crippen LogP contribution is -2.58. The molecule has 0 unspecified atom stereocenters. The Bertz CT molecular complexity index is 1140. The van der Waals surface area contributed by atoms with Gasteiger partial charge in [0.05, 0.1) is 0 Å². The molecule has 10 N–H and O–H groups in total. The average Bonchev–Trinajstić information content (AvgIpc) is 2.57. The van der Waals surface area contributed by atoms with Gasteiger partial charge in [-0.15, -0.1) is 0 Å². The maximum atomic E-state index is 11.5. The summed E-state index contributed by atoms with van der Waals surface area (Å²) >= 11 is 0. The molecular formula is C21H34N2O9S2. The van der Waals surface area contributed by atoms with E-state index in [0.29, 0.717) is 11.1 Å². The summed E-state index contributed by atoms with van der Waals surface area (Å²) in [6.45, 7) is 10.7. The van der Waals surface area contributed by atoms with Crippen molar-refractivity contribution in [2.45, 2.75) is 68.8 Å². The second-order valence-electron chi connectivity index (χ2n) is 9.06. The number of rotatable bonds is 5. The van der Waals surface area contributed by atoms with Gasteiger partial charge in [0.2, 0.25) is 0 Å². The van der Waals surface area contributed by atoms with Gasteiger partial charge in [-0.2, -0.15) is 16.8 Å². The maximum absolute atomic E-state index is 11.5. The molecule has 2 aromatic rings. The molecule has 2 rings (SSSR count). The van der Waals surface area contributed by atoms with Crippen molar-refractivity contribution >= 4 is 20.2 Å². The van der Waals surface area contributed by atoms with Crippen LogP contribution in [0.1, 0.15) is 49.9 Å². The van der Waals surface area contributed by atoms with Gasteiger partial charge in [0, 0.05) is 29.6 Å². The van der Waals surface area contributed by atoms with Crippen LogP contribution in [0.5, 0.6) is 11.5 Å². The Morgan fingerprint density at radius 2 is 0.971 bits per heavy atom. The van der Waals surface area contributed by atoms with E-state index in [1.807, 2.05) is 27.7 Å². The Morgan fingerprint density at radius 3 is 1.18 bits per heavy atom. The van der Waals surface area contributed by atoms with E-state index in [2.05, 4.69) is 0 Å². The third-order valence-corrected chi connectivity index (χ3v) is 7.23. The molecule has 0 radical (unpaired) electrons. The second kappa shape index (κ2) is 10.6. The lowest BCUT2D eigenvalue weighted by atomic mass is 9.85. The SMILES string of the molecule is CC(C)(N)C(C)(C)N.Cc1cc(Cc2cc(C)c(O)cc2S(=O)(=O)O)c(S(=O)(=O)O)cc1O.O. The molecule has 0 aliphatic rings. The molecule has 2 aromatic carbocycles. The highest BCUT2D eigenvalue weighted by molar-refractivity contribution is 7.86. The number of phenolic OH excluding ortho intramolecular Hbond substituents is 2. The Morgan fingerprint density at radius 1 is 0.706 bits per heavy atom. The number of nitrogens with two attached hydrogens (primary N) is 2. The van der Waals surface area contributed by atoms with Crippen molar-refractivity contribution in [3.63, 3.8) is 0 Å². The standard InChI is InChI=1S/C15H16O8S2.C6H16N2.H2O/c1-8-3-10(14(6-12(8)16)24(18,19)20)5-11-4-9(2)13(17)7-15(11)25(21,22)23;1-5(2,7)6(3,4)8;/h3-4,6-7,16-17H,5H2,1-2H3,(H,18,19,20)(H,21,22,23);7-8H2,1-4H3;1H2. The highest BCUT2D eigenvalue weighted by Crippen LogP contribution is 2.31. The van der Waals surface area contributed by atoms with E-state index in [4.69, 9.17) is 11.5 Å². The van der Waals surface area contributed by atoms with Gasteiger partial charge in [-0.25, -0.2) is 0 Å². The van der Waals surface area contributed by atoms with Crippen LogP contribution in [0.4, 0.5) is 0 Å². The molecule has 0 heterocycles.